The minimum atomic E-state index is -0.365. The van der Waals surface area contributed by atoms with E-state index in [1.165, 1.54) is 103 Å². The Hall–Kier alpha value is -6.82. The Morgan fingerprint density at radius 2 is 0.782 bits per heavy atom. The number of unbranched alkanes of at least 4 members (excludes halogenated alkanes) is 5. The molecule has 0 saturated heterocycles. The van der Waals surface area contributed by atoms with Crippen molar-refractivity contribution in [2.75, 3.05) is 13.2 Å². The van der Waals surface area contributed by atoms with Gasteiger partial charge in [0.15, 0.2) is 0 Å². The Bertz CT molecular complexity index is 3530. The lowest BCUT2D eigenvalue weighted by Crippen LogP contribution is -2.51. The number of allylic oxidation sites excluding steroid dienone is 4. The Morgan fingerprint density at radius 1 is 0.409 bits per heavy atom. The van der Waals surface area contributed by atoms with E-state index in [0.29, 0.717) is 73.1 Å². The molecule has 0 radical (unpaired) electrons. The van der Waals surface area contributed by atoms with E-state index in [-0.39, 0.29) is 59.8 Å². The number of benzene rings is 4. The second kappa shape index (κ2) is 38.3. The molecule has 4 aromatic carbocycles. The number of carbonyl (C=O) groups excluding carboxylic acids is 4. The smallest absolute Gasteiger partial charge is 0.311 e. The van der Waals surface area contributed by atoms with Crippen molar-refractivity contribution >= 4 is 47.7 Å². The van der Waals surface area contributed by atoms with Gasteiger partial charge in [-0.05, 0) is 355 Å². The van der Waals surface area contributed by atoms with E-state index in [4.69, 9.17) is 28.4 Å². The summed E-state index contributed by atoms with van der Waals surface area (Å²) in [4.78, 5) is 61.2. The molecule has 8 aliphatic carbocycles. The van der Waals surface area contributed by atoms with Gasteiger partial charge in [-0.3, -0.25) is 29.2 Å². The molecule has 8 aliphatic rings. The predicted octanol–water partition coefficient (Wildman–Crippen LogP) is 25.0. The number of rotatable bonds is 37. The minimum absolute atomic E-state index is 0.0207. The molecule has 0 N–H and O–H groups in total. The number of esters is 4. The molecule has 110 heavy (non-hydrogen) atoms. The average molecular weight is 1500 g/mol. The van der Waals surface area contributed by atoms with Crippen LogP contribution < -0.4 is 18.9 Å². The van der Waals surface area contributed by atoms with Crippen molar-refractivity contribution in [3.8, 4) is 23.0 Å². The number of hydrogen-bond acceptors (Lipinski definition) is 12. The third-order valence-corrected chi connectivity index (χ3v) is 29.2. The molecule has 6 fully saturated rings. The van der Waals surface area contributed by atoms with E-state index in [2.05, 4.69) is 91.4 Å². The third-order valence-electron chi connectivity index (χ3n) is 29.2. The van der Waals surface area contributed by atoms with Gasteiger partial charge in [0.2, 0.25) is 0 Å². The largest absolute Gasteiger partial charge is 0.494 e. The normalized spacial score (nSPS) is 29.4. The van der Waals surface area contributed by atoms with Crippen LogP contribution in [0.4, 0.5) is 11.4 Å². The molecule has 0 aromatic heterocycles. The van der Waals surface area contributed by atoms with Crippen molar-refractivity contribution in [2.45, 2.75) is 300 Å². The number of hydrogen-bond donors (Lipinski definition) is 0. The van der Waals surface area contributed by atoms with Gasteiger partial charge in [0.25, 0.3) is 0 Å². The summed E-state index contributed by atoms with van der Waals surface area (Å²) in [6.07, 6.45) is 44.0. The molecule has 4 aromatic rings. The third kappa shape index (κ3) is 20.9. The quantitative estimate of drug-likeness (QED) is 0.0140. The predicted molar refractivity (Wildman–Crippen MR) is 444 cm³/mol. The summed E-state index contributed by atoms with van der Waals surface area (Å²) in [5, 5.41) is 0. The molecule has 12 heteroatoms. The van der Waals surface area contributed by atoms with Crippen LogP contribution in [0.5, 0.6) is 23.0 Å². The van der Waals surface area contributed by atoms with E-state index in [0.717, 1.165) is 170 Å². The van der Waals surface area contributed by atoms with Gasteiger partial charge < -0.3 is 28.4 Å². The summed E-state index contributed by atoms with van der Waals surface area (Å²) in [5.74, 6) is 11.2. The molecule has 0 bridgehead atoms. The Balaban J connectivity index is 0.464. The fourth-order valence-corrected chi connectivity index (χ4v) is 23.4. The monoisotopic (exact) mass is 1500 g/mol. The maximum atomic E-state index is 13.2. The molecule has 12 nitrogen and oxygen atoms in total. The van der Waals surface area contributed by atoms with E-state index in [1.54, 1.807) is 47.8 Å². The van der Waals surface area contributed by atoms with Crippen molar-refractivity contribution < 1.29 is 47.6 Å². The summed E-state index contributed by atoms with van der Waals surface area (Å²) < 4.78 is 35.8. The Kier molecular flexibility index (Phi) is 28.8. The van der Waals surface area contributed by atoms with E-state index < -0.39 is 0 Å². The highest BCUT2D eigenvalue weighted by Gasteiger charge is 2.61. The van der Waals surface area contributed by atoms with E-state index in [9.17, 15) is 19.2 Å². The molecular formula is C98H136N2O10. The lowest BCUT2D eigenvalue weighted by Gasteiger charge is -2.58. The average Bonchev–Trinajstić information content (AvgIpc) is 1.31. The molecule has 0 amide bonds. The van der Waals surface area contributed by atoms with Crippen LogP contribution in [-0.2, 0) is 28.7 Å². The zero-order valence-corrected chi connectivity index (χ0v) is 69.1. The molecular weight excluding hydrogens is 1370 g/mol. The minimum Gasteiger partial charge on any atom is -0.494 e. The first-order valence-electron chi connectivity index (χ1n) is 44.0. The lowest BCUT2D eigenvalue weighted by atomic mass is 9.47. The van der Waals surface area contributed by atoms with Crippen molar-refractivity contribution in [1.82, 2.24) is 0 Å². The molecule has 2 unspecified atom stereocenters. The van der Waals surface area contributed by atoms with Crippen LogP contribution in [0, 0.1) is 92.7 Å². The topological polar surface area (TPSA) is 148 Å². The first-order chi connectivity index (χ1) is 53.0. The van der Waals surface area contributed by atoms with E-state index in [1.807, 2.05) is 72.8 Å². The van der Waals surface area contributed by atoms with Crippen LogP contribution in [0.1, 0.15) is 299 Å². The molecule has 598 valence electrons. The van der Waals surface area contributed by atoms with Gasteiger partial charge in [-0.25, -0.2) is 0 Å². The zero-order valence-electron chi connectivity index (χ0n) is 69.1. The van der Waals surface area contributed by atoms with Gasteiger partial charge >= 0.3 is 23.9 Å². The van der Waals surface area contributed by atoms with Gasteiger partial charge in [-0.15, -0.1) is 0 Å². The highest BCUT2D eigenvalue weighted by molar-refractivity contribution is 5.83. The maximum absolute atomic E-state index is 13.2. The summed E-state index contributed by atoms with van der Waals surface area (Å²) >= 11 is 0. The molecule has 0 aliphatic heterocycles. The molecule has 0 heterocycles. The van der Waals surface area contributed by atoms with Crippen molar-refractivity contribution in [2.24, 2.45) is 103 Å². The number of aliphatic imine (C=N–C) groups is 2. The van der Waals surface area contributed by atoms with Gasteiger partial charge in [0.1, 0.15) is 35.2 Å². The second-order valence-corrected chi connectivity index (χ2v) is 37.4. The highest BCUT2D eigenvalue weighted by Crippen LogP contribution is 2.69. The Labute approximate surface area is 661 Å². The lowest BCUT2D eigenvalue weighted by molar-refractivity contribution is -0.154. The number of carbonyl (C=O) groups is 4. The summed E-state index contributed by atoms with van der Waals surface area (Å²) in [5.41, 5.74) is 7.85. The summed E-state index contributed by atoms with van der Waals surface area (Å²) in [6, 6.07) is 29.8. The second-order valence-electron chi connectivity index (χ2n) is 37.4. The van der Waals surface area contributed by atoms with Crippen LogP contribution in [0.25, 0.3) is 0 Å². The molecule has 0 spiro atoms. The summed E-state index contributed by atoms with van der Waals surface area (Å²) in [6.45, 7) is 26.2. The number of fused-ring (bicyclic) bond motifs is 10. The van der Waals surface area contributed by atoms with Gasteiger partial charge in [0, 0.05) is 38.1 Å². The molecule has 12 rings (SSSR count). The van der Waals surface area contributed by atoms with Crippen LogP contribution in [-0.4, -0.2) is 61.7 Å². The van der Waals surface area contributed by atoms with Crippen molar-refractivity contribution in [3.63, 3.8) is 0 Å². The fraction of sp³-hybridized carbons (Fsp3) is 0.653. The maximum Gasteiger partial charge on any atom is 0.311 e. The highest BCUT2D eigenvalue weighted by atomic mass is 16.6. The Morgan fingerprint density at radius 3 is 1.17 bits per heavy atom. The van der Waals surface area contributed by atoms with Crippen LogP contribution in [0.3, 0.4) is 0 Å². The van der Waals surface area contributed by atoms with Gasteiger partial charge in [-0.1, -0.05) is 131 Å². The van der Waals surface area contributed by atoms with Crippen LogP contribution in [0.2, 0.25) is 0 Å². The van der Waals surface area contributed by atoms with Crippen LogP contribution >= 0.6 is 0 Å². The SMILES string of the molecule is CC(C)CCC[C@@H](C)[C@H]1CC[C@H]2[C@@H]3CC=C4CCC(OC(=O)CCCCCOc5ccc(N=Cc6ccc(OC(=O)CCCCC(=O)Oc7ccc(C=Nc8ccc(OCCCCCC(=O)OC9CCC%10=CC[C@H]%11[C@@H]%12CC[C@H]([C@H](C)CCCC(C)C)[C@@]%12(C)CC[C@@H]%11[C@@]%10(C)C9)cc8)cc7)cc6)cc5)C[C@]4(C)[C@H]3CC[C@]12C. The molecule has 16 atom stereocenters. The first kappa shape index (κ1) is 82.6. The first-order valence-corrected chi connectivity index (χ1v) is 44.0. The van der Waals surface area contributed by atoms with Gasteiger partial charge in [-0.2, -0.15) is 0 Å². The number of ether oxygens (including phenoxy) is 6. The van der Waals surface area contributed by atoms with Crippen LogP contribution in [0.15, 0.2) is 130 Å². The van der Waals surface area contributed by atoms with Crippen molar-refractivity contribution in [3.05, 3.63) is 131 Å². The molecule has 6 saturated carbocycles. The van der Waals surface area contributed by atoms with E-state index >= 15 is 0 Å². The van der Waals surface area contributed by atoms with Crippen molar-refractivity contribution in [1.29, 1.82) is 0 Å². The fourth-order valence-electron chi connectivity index (χ4n) is 23.4. The summed E-state index contributed by atoms with van der Waals surface area (Å²) in [7, 11) is 0. The standard InChI is InChI=1S/C98H136N2O10/c1-67(2)21-19-23-69(5)85-53-55-87-83-51-35-73-33-45-81(63-97(73,9)89(83)57-59-95(85,87)7)109-93(103)25-13-11-17-61-105-77-47-37-75(38-48-77)99-65-71-29-41-79(42-30-71)107-91(101)27-15-16-28-92(102)108-80-43-31-72(32-44-80)66-100-76-39-49-78(50-40-76)106-62-18-12-14-26-94(104)110-82-46-34-74-36-52-84-88-56-54-86(70(6)24-20-22-68(3)4)96(88,8)60-58-90(84)98(74,10)64-82/h29-32,35-44,47-50,65-70,81-90H,11-28,33-34,45-46,51-64H2,1-10H3/t69-,70-,81?,82?,83+,84+,85-,86-,87+,88+,89+,90+,95-,96-,97+,98+/m1/s1. The van der Waals surface area contributed by atoms with Gasteiger partial charge in [0.05, 0.1) is 24.6 Å². The zero-order chi connectivity index (χ0) is 77.4. The number of nitrogens with zero attached hydrogens (tertiary/aromatic N) is 2.